The molecule has 0 aliphatic rings. The minimum absolute atomic E-state index is 0.915. The quantitative estimate of drug-likeness (QED) is 0.552. The highest BCUT2D eigenvalue weighted by molar-refractivity contribution is 7.56. The van der Waals surface area contributed by atoms with Crippen LogP contribution in [0.5, 0.6) is 0 Å². The van der Waals surface area contributed by atoms with Crippen molar-refractivity contribution < 1.29 is 0 Å². The maximum Gasteiger partial charge on any atom is 0.0205 e. The molecule has 0 fully saturated rings. The second-order valence-electron chi connectivity index (χ2n) is 8.13. The summed E-state index contributed by atoms with van der Waals surface area (Å²) in [7, 11) is 3.63. The van der Waals surface area contributed by atoms with E-state index in [4.69, 9.17) is 0 Å². The fourth-order valence-electron chi connectivity index (χ4n) is 2.94. The van der Waals surface area contributed by atoms with Gasteiger partial charge in [0.05, 0.1) is 0 Å². The largest absolute Gasteiger partial charge is 0.508 e. The monoisotopic (exact) mass is 324 g/mol. The Morgan fingerprint density at radius 2 is 1.45 bits per heavy atom. The third-order valence-electron chi connectivity index (χ3n) is 3.39. The molecular formula is C16H31NPSi2-. The fraction of sp³-hybridized carbons (Fsp3) is 0.625. The summed E-state index contributed by atoms with van der Waals surface area (Å²) in [5, 5.41) is 1.55. The number of hydrogen-bond donors (Lipinski definition) is 0. The van der Waals surface area contributed by atoms with Crippen molar-refractivity contribution in [3.8, 4) is 0 Å². The summed E-state index contributed by atoms with van der Waals surface area (Å²) in [6, 6.07) is 9.02. The molecule has 20 heavy (non-hydrogen) atoms. The Bertz CT molecular complexity index is 419. The highest BCUT2D eigenvalue weighted by Crippen LogP contribution is 2.35. The highest BCUT2D eigenvalue weighted by atomic mass is 31.1. The predicted molar refractivity (Wildman–Crippen MR) is 101 cm³/mol. The molecule has 0 aliphatic carbocycles. The zero-order valence-electron chi connectivity index (χ0n) is 14.5. The molecular weight excluding hydrogens is 293 g/mol. The lowest BCUT2D eigenvalue weighted by molar-refractivity contribution is 0.403. The van der Waals surface area contributed by atoms with Crippen LogP contribution >= 0.6 is 8.58 Å². The predicted octanol–water partition coefficient (Wildman–Crippen LogP) is 4.44. The van der Waals surface area contributed by atoms with Gasteiger partial charge in [-0.2, -0.15) is 4.91 Å². The lowest BCUT2D eigenvalue weighted by Crippen LogP contribution is -2.51. The van der Waals surface area contributed by atoms with Crippen LogP contribution in [0.1, 0.15) is 5.56 Å². The second kappa shape index (κ2) is 6.87. The topological polar surface area (TPSA) is 3.24 Å². The molecule has 0 bridgehead atoms. The van der Waals surface area contributed by atoms with Crippen LogP contribution in [0, 0.1) is 0 Å². The summed E-state index contributed by atoms with van der Waals surface area (Å²) < 4.78 is 0. The number of hydrogen-bond acceptors (Lipinski definition) is 1. The summed E-state index contributed by atoms with van der Waals surface area (Å²) in [5.41, 5.74) is 1.50. The summed E-state index contributed by atoms with van der Waals surface area (Å²) in [6.07, 6.45) is 0. The van der Waals surface area contributed by atoms with Crippen LogP contribution < -0.4 is 5.30 Å². The van der Waals surface area contributed by atoms with Crippen LogP contribution in [0.2, 0.25) is 39.3 Å². The van der Waals surface area contributed by atoms with Gasteiger partial charge in [-0.1, -0.05) is 69.1 Å². The first kappa shape index (κ1) is 18.1. The van der Waals surface area contributed by atoms with Crippen molar-refractivity contribution >= 4 is 30.0 Å². The number of benzene rings is 1. The molecule has 0 N–H and O–H groups in total. The Morgan fingerprint density at radius 3 is 1.90 bits per heavy atom. The molecule has 1 aromatic carbocycles. The van der Waals surface area contributed by atoms with Gasteiger partial charge >= 0.3 is 0 Å². The third kappa shape index (κ3) is 5.44. The fourth-order valence-corrected chi connectivity index (χ4v) is 18.0. The average molecular weight is 325 g/mol. The molecule has 1 aromatic rings. The second-order valence-corrected chi connectivity index (χ2v) is 21.6. The van der Waals surface area contributed by atoms with E-state index >= 15 is 0 Å². The van der Waals surface area contributed by atoms with Crippen LogP contribution in [0.15, 0.2) is 24.3 Å². The summed E-state index contributed by atoms with van der Waals surface area (Å²) >= 11 is 0. The van der Waals surface area contributed by atoms with Gasteiger partial charge in [0.15, 0.2) is 0 Å². The zero-order valence-corrected chi connectivity index (χ0v) is 17.4. The first-order valence-electron chi connectivity index (χ1n) is 7.45. The van der Waals surface area contributed by atoms with E-state index < -0.39 is 16.1 Å². The SMILES string of the molecule is CN(C)Cc1ccccc1[P-]C([Si](C)(C)C)[Si](C)(C)C. The lowest BCUT2D eigenvalue weighted by atomic mass is 10.2. The summed E-state index contributed by atoms with van der Waals surface area (Å²) in [6.45, 7) is 16.3. The zero-order chi connectivity index (χ0) is 15.6. The van der Waals surface area contributed by atoms with E-state index in [2.05, 4.69) is 82.5 Å². The van der Waals surface area contributed by atoms with Crippen molar-refractivity contribution in [2.24, 2.45) is 0 Å². The molecule has 0 spiro atoms. The summed E-state index contributed by atoms with van der Waals surface area (Å²) in [5.74, 6) is 0. The van der Waals surface area contributed by atoms with E-state index in [0.29, 0.717) is 0 Å². The molecule has 0 aliphatic heterocycles. The van der Waals surface area contributed by atoms with Crippen LogP contribution in [-0.4, -0.2) is 40.0 Å². The normalized spacial score (nSPS) is 13.9. The van der Waals surface area contributed by atoms with Gasteiger partial charge in [0.2, 0.25) is 0 Å². The van der Waals surface area contributed by atoms with Crippen LogP contribution in [-0.2, 0) is 6.54 Å². The van der Waals surface area contributed by atoms with Gasteiger partial charge in [-0.25, -0.2) is 5.30 Å². The van der Waals surface area contributed by atoms with Gasteiger partial charge in [0, 0.05) is 22.7 Å². The van der Waals surface area contributed by atoms with E-state index in [1.165, 1.54) is 5.56 Å². The standard InChI is InChI=1S/C16H31NPSi2/c1-17(2)13-14-11-9-10-12-15(14)18-16(19(3,4)5)20(6,7)8/h9-12,16H,13H2,1-8H3/q-1. The van der Waals surface area contributed by atoms with E-state index in [1.54, 1.807) is 13.9 Å². The molecule has 0 radical (unpaired) electrons. The molecule has 4 heteroatoms. The van der Waals surface area contributed by atoms with Crippen LogP contribution in [0.4, 0.5) is 0 Å². The Hall–Kier alpha value is 0.0438. The maximum absolute atomic E-state index is 2.54. The maximum atomic E-state index is 2.54. The first-order valence-corrected chi connectivity index (χ1v) is 15.6. The van der Waals surface area contributed by atoms with Gasteiger partial charge < -0.3 is 13.5 Å². The molecule has 0 heterocycles. The van der Waals surface area contributed by atoms with Gasteiger partial charge in [-0.05, 0) is 14.1 Å². The lowest BCUT2D eigenvalue weighted by Gasteiger charge is -2.49. The highest BCUT2D eigenvalue weighted by Gasteiger charge is 2.29. The number of rotatable bonds is 6. The molecule has 0 aromatic heterocycles. The van der Waals surface area contributed by atoms with E-state index in [1.807, 2.05) is 0 Å². The van der Waals surface area contributed by atoms with Crippen molar-refractivity contribution in [3.05, 3.63) is 29.8 Å². The third-order valence-corrected chi connectivity index (χ3v) is 18.3. The molecule has 1 nitrogen and oxygen atoms in total. The number of nitrogens with zero attached hydrogens (tertiary/aromatic N) is 1. The Morgan fingerprint density at radius 1 is 0.950 bits per heavy atom. The van der Waals surface area contributed by atoms with E-state index in [-0.39, 0.29) is 0 Å². The molecule has 0 saturated carbocycles. The van der Waals surface area contributed by atoms with E-state index in [0.717, 1.165) is 11.5 Å². The molecule has 0 atom stereocenters. The van der Waals surface area contributed by atoms with Crippen LogP contribution in [0.3, 0.4) is 0 Å². The Kier molecular flexibility index (Phi) is 6.21. The van der Waals surface area contributed by atoms with Crippen molar-refractivity contribution in [1.82, 2.24) is 4.90 Å². The van der Waals surface area contributed by atoms with E-state index in [9.17, 15) is 0 Å². The average Bonchev–Trinajstić information content (AvgIpc) is 2.23. The van der Waals surface area contributed by atoms with Gasteiger partial charge in [-0.3, -0.25) is 0 Å². The van der Waals surface area contributed by atoms with Crippen molar-refractivity contribution in [3.63, 3.8) is 0 Å². The Labute approximate surface area is 130 Å². The first-order chi connectivity index (χ1) is 9.01. The molecule has 0 amide bonds. The van der Waals surface area contributed by atoms with Crippen molar-refractivity contribution in [2.75, 3.05) is 14.1 Å². The Balaban J connectivity index is 3.06. The van der Waals surface area contributed by atoms with Gasteiger partial charge in [0.25, 0.3) is 0 Å². The molecule has 1 rings (SSSR count). The van der Waals surface area contributed by atoms with Crippen LogP contribution in [0.25, 0.3) is 0 Å². The van der Waals surface area contributed by atoms with Crippen molar-refractivity contribution in [2.45, 2.75) is 50.7 Å². The molecule has 114 valence electrons. The smallest absolute Gasteiger partial charge is 0.0205 e. The molecule has 0 unspecified atom stereocenters. The van der Waals surface area contributed by atoms with Gasteiger partial charge in [0.1, 0.15) is 0 Å². The van der Waals surface area contributed by atoms with Crippen molar-refractivity contribution in [1.29, 1.82) is 0 Å². The summed E-state index contributed by atoms with van der Waals surface area (Å²) in [4.78, 5) is 3.19. The minimum Gasteiger partial charge on any atom is -0.508 e. The van der Waals surface area contributed by atoms with Gasteiger partial charge in [-0.15, -0.1) is 0 Å². The molecule has 0 saturated heterocycles. The minimum atomic E-state index is -1.13.